The third kappa shape index (κ3) is 3.93. The predicted molar refractivity (Wildman–Crippen MR) is 77.6 cm³/mol. The predicted octanol–water partition coefficient (Wildman–Crippen LogP) is 3.05. The second-order valence-electron chi connectivity index (χ2n) is 4.67. The molecular weight excluding hydrogens is 316 g/mol. The first-order valence-corrected chi connectivity index (χ1v) is 7.38. The summed E-state index contributed by atoms with van der Waals surface area (Å²) in [5.41, 5.74) is 3.98. The van der Waals surface area contributed by atoms with Gasteiger partial charge in [0.1, 0.15) is 0 Å². The Balaban J connectivity index is 1.96. The number of nitrogens with two attached hydrogens (primary N) is 1. The molecule has 100 valence electrons. The zero-order valence-electron chi connectivity index (χ0n) is 10.2. The molecule has 1 saturated heterocycles. The lowest BCUT2D eigenvalue weighted by molar-refractivity contribution is 0.0946. The van der Waals surface area contributed by atoms with Gasteiger partial charge in [-0.2, -0.15) is 0 Å². The highest BCUT2D eigenvalue weighted by Gasteiger charge is 2.20. The summed E-state index contributed by atoms with van der Waals surface area (Å²) >= 11 is 9.62. The van der Waals surface area contributed by atoms with Crippen LogP contribution >= 0.6 is 27.5 Å². The number of benzene rings is 1. The van der Waals surface area contributed by atoms with E-state index in [1.807, 2.05) is 18.2 Å². The van der Waals surface area contributed by atoms with Crippen LogP contribution < -0.4 is 11.3 Å². The highest BCUT2D eigenvalue weighted by molar-refractivity contribution is 9.10. The normalized spacial score (nSPS) is 21.2. The van der Waals surface area contributed by atoms with Crippen LogP contribution in [0.3, 0.4) is 0 Å². The van der Waals surface area contributed by atoms with Gasteiger partial charge in [0.15, 0.2) is 0 Å². The van der Waals surface area contributed by atoms with Crippen molar-refractivity contribution in [2.24, 2.45) is 5.84 Å². The van der Waals surface area contributed by atoms with Crippen LogP contribution in [0.15, 0.2) is 22.7 Å². The van der Waals surface area contributed by atoms with Gasteiger partial charge < -0.3 is 4.74 Å². The molecule has 5 heteroatoms. The Kier molecular flexibility index (Phi) is 5.45. The highest BCUT2D eigenvalue weighted by atomic mass is 79.9. The summed E-state index contributed by atoms with van der Waals surface area (Å²) in [6, 6.07) is 6.15. The van der Waals surface area contributed by atoms with Crippen molar-refractivity contribution in [1.82, 2.24) is 5.43 Å². The molecule has 1 aliphatic rings. The molecule has 1 aromatic rings. The summed E-state index contributed by atoms with van der Waals surface area (Å²) in [4.78, 5) is 0. The van der Waals surface area contributed by atoms with Gasteiger partial charge in [0.25, 0.3) is 0 Å². The molecule has 0 radical (unpaired) electrons. The van der Waals surface area contributed by atoms with E-state index in [1.165, 1.54) is 0 Å². The van der Waals surface area contributed by atoms with E-state index in [0.717, 1.165) is 47.3 Å². The lowest BCUT2D eigenvalue weighted by atomic mass is 10.00. The Morgan fingerprint density at radius 3 is 3.00 bits per heavy atom. The third-order valence-electron chi connectivity index (χ3n) is 3.29. The Bertz CT molecular complexity index is 397. The summed E-state index contributed by atoms with van der Waals surface area (Å²) < 4.78 is 6.63. The zero-order valence-corrected chi connectivity index (χ0v) is 12.5. The first-order valence-electron chi connectivity index (χ1n) is 6.20. The summed E-state index contributed by atoms with van der Waals surface area (Å²) in [7, 11) is 0. The number of ether oxygens (including phenoxy) is 1. The maximum absolute atomic E-state index is 6.22. The van der Waals surface area contributed by atoms with Crippen LogP contribution in [0.25, 0.3) is 0 Å². The van der Waals surface area contributed by atoms with Gasteiger partial charge in [0, 0.05) is 22.1 Å². The monoisotopic (exact) mass is 332 g/mol. The Morgan fingerprint density at radius 2 is 2.39 bits per heavy atom. The third-order valence-corrected chi connectivity index (χ3v) is 4.13. The first kappa shape index (κ1) is 14.3. The number of hydrogen-bond donors (Lipinski definition) is 2. The maximum Gasteiger partial charge on any atom is 0.0591 e. The average molecular weight is 334 g/mol. The van der Waals surface area contributed by atoms with E-state index in [-0.39, 0.29) is 6.04 Å². The van der Waals surface area contributed by atoms with E-state index < -0.39 is 0 Å². The molecule has 2 unspecified atom stereocenters. The molecule has 1 aliphatic heterocycles. The van der Waals surface area contributed by atoms with E-state index in [4.69, 9.17) is 22.2 Å². The molecular formula is C13H18BrClN2O. The van der Waals surface area contributed by atoms with E-state index in [9.17, 15) is 0 Å². The van der Waals surface area contributed by atoms with Gasteiger partial charge in [-0.1, -0.05) is 33.6 Å². The molecule has 2 atom stereocenters. The Labute approximate surface area is 121 Å². The van der Waals surface area contributed by atoms with E-state index in [2.05, 4.69) is 21.4 Å². The van der Waals surface area contributed by atoms with Crippen LogP contribution in [0.2, 0.25) is 5.02 Å². The lowest BCUT2D eigenvalue weighted by Gasteiger charge is -2.20. The first-order chi connectivity index (χ1) is 8.69. The van der Waals surface area contributed by atoms with E-state index in [1.54, 1.807) is 0 Å². The zero-order chi connectivity index (χ0) is 13.0. The number of halogens is 2. The van der Waals surface area contributed by atoms with Crippen LogP contribution in [0.5, 0.6) is 0 Å². The molecule has 0 spiro atoms. The largest absolute Gasteiger partial charge is 0.378 e. The summed E-state index contributed by atoms with van der Waals surface area (Å²) in [6.45, 7) is 0.876. The molecule has 0 bridgehead atoms. The van der Waals surface area contributed by atoms with Crippen molar-refractivity contribution in [3.63, 3.8) is 0 Å². The molecule has 3 nitrogen and oxygen atoms in total. The molecule has 3 N–H and O–H groups in total. The Hall–Kier alpha value is -0.130. The van der Waals surface area contributed by atoms with Gasteiger partial charge in [-0.05, 0) is 43.4 Å². The van der Waals surface area contributed by atoms with E-state index in [0.29, 0.717) is 6.10 Å². The number of hydrazine groups is 1. The van der Waals surface area contributed by atoms with Crippen LogP contribution in [0.4, 0.5) is 0 Å². The van der Waals surface area contributed by atoms with Crippen molar-refractivity contribution in [2.75, 3.05) is 6.61 Å². The standard InChI is InChI=1S/C13H18BrClN2O/c14-10-4-3-9(13(15)7-10)6-11(17-16)8-12-2-1-5-18-12/h3-4,7,11-12,17H,1-2,5-6,8,16H2. The lowest BCUT2D eigenvalue weighted by Crippen LogP contribution is -2.39. The van der Waals surface area contributed by atoms with Crippen molar-refractivity contribution in [3.05, 3.63) is 33.3 Å². The van der Waals surface area contributed by atoms with Gasteiger partial charge in [0.05, 0.1) is 6.10 Å². The number of nitrogens with one attached hydrogen (secondary N) is 1. The van der Waals surface area contributed by atoms with Gasteiger partial charge >= 0.3 is 0 Å². The quantitative estimate of drug-likeness (QED) is 0.643. The van der Waals surface area contributed by atoms with Crippen molar-refractivity contribution in [3.8, 4) is 0 Å². The number of rotatable bonds is 5. The molecule has 0 aromatic heterocycles. The van der Waals surface area contributed by atoms with Crippen molar-refractivity contribution >= 4 is 27.5 Å². The van der Waals surface area contributed by atoms with Gasteiger partial charge in [-0.15, -0.1) is 0 Å². The molecule has 18 heavy (non-hydrogen) atoms. The van der Waals surface area contributed by atoms with Crippen molar-refractivity contribution in [1.29, 1.82) is 0 Å². The van der Waals surface area contributed by atoms with E-state index >= 15 is 0 Å². The maximum atomic E-state index is 6.22. The fourth-order valence-corrected chi connectivity index (χ4v) is 3.06. The average Bonchev–Trinajstić information content (AvgIpc) is 2.84. The molecule has 0 amide bonds. The topological polar surface area (TPSA) is 47.3 Å². The molecule has 1 heterocycles. The van der Waals surface area contributed by atoms with Crippen molar-refractivity contribution < 1.29 is 4.74 Å². The fraction of sp³-hybridized carbons (Fsp3) is 0.538. The SMILES string of the molecule is NNC(Cc1ccc(Br)cc1Cl)CC1CCCO1. The Morgan fingerprint density at radius 1 is 1.56 bits per heavy atom. The minimum Gasteiger partial charge on any atom is -0.378 e. The van der Waals surface area contributed by atoms with Crippen LogP contribution in [-0.4, -0.2) is 18.8 Å². The summed E-state index contributed by atoms with van der Waals surface area (Å²) in [6.07, 6.45) is 4.37. The van der Waals surface area contributed by atoms with Gasteiger partial charge in [0.2, 0.25) is 0 Å². The highest BCUT2D eigenvalue weighted by Crippen LogP contribution is 2.24. The molecule has 1 fully saturated rings. The van der Waals surface area contributed by atoms with Gasteiger partial charge in [-0.25, -0.2) is 0 Å². The molecule has 1 aromatic carbocycles. The molecule has 0 aliphatic carbocycles. The second kappa shape index (κ2) is 6.87. The second-order valence-corrected chi connectivity index (χ2v) is 6.00. The van der Waals surface area contributed by atoms with Crippen molar-refractivity contribution in [2.45, 2.75) is 37.8 Å². The minimum absolute atomic E-state index is 0.201. The van der Waals surface area contributed by atoms with Crippen LogP contribution in [0.1, 0.15) is 24.8 Å². The summed E-state index contributed by atoms with van der Waals surface area (Å²) in [5, 5.41) is 0.775. The minimum atomic E-state index is 0.201. The molecule has 0 saturated carbocycles. The summed E-state index contributed by atoms with van der Waals surface area (Å²) in [5.74, 6) is 5.62. The van der Waals surface area contributed by atoms with Gasteiger partial charge in [-0.3, -0.25) is 11.3 Å². The number of hydrogen-bond acceptors (Lipinski definition) is 3. The molecule has 2 rings (SSSR count). The van der Waals surface area contributed by atoms with Crippen LogP contribution in [0, 0.1) is 0 Å². The smallest absolute Gasteiger partial charge is 0.0591 e. The fourth-order valence-electron chi connectivity index (χ4n) is 2.31. The van der Waals surface area contributed by atoms with Crippen LogP contribution in [-0.2, 0) is 11.2 Å².